The second-order valence-electron chi connectivity index (χ2n) is 3.52. The first kappa shape index (κ1) is 12.4. The Morgan fingerprint density at radius 2 is 2.06 bits per heavy atom. The van der Waals surface area contributed by atoms with Gasteiger partial charge in [-0.25, -0.2) is 4.98 Å². The van der Waals surface area contributed by atoms with Gasteiger partial charge in [-0.3, -0.25) is 0 Å². The van der Waals surface area contributed by atoms with Gasteiger partial charge in [0.2, 0.25) is 0 Å². The summed E-state index contributed by atoms with van der Waals surface area (Å²) in [6.07, 6.45) is 0.835. The van der Waals surface area contributed by atoms with E-state index in [0.717, 1.165) is 21.7 Å². The maximum Gasteiger partial charge on any atom is 0.181 e. The van der Waals surface area contributed by atoms with Crippen LogP contribution >= 0.6 is 27.3 Å². The zero-order valence-electron chi connectivity index (χ0n) is 9.44. The van der Waals surface area contributed by atoms with Crippen LogP contribution in [0.3, 0.4) is 0 Å². The van der Waals surface area contributed by atoms with Crippen LogP contribution in [0.1, 0.15) is 17.4 Å². The first-order valence-electron chi connectivity index (χ1n) is 5.31. The molecule has 0 fully saturated rings. The molecule has 3 nitrogen and oxygen atoms in total. The number of hydrogen-bond acceptors (Lipinski definition) is 4. The highest BCUT2D eigenvalue weighted by Gasteiger charge is 2.07. The predicted octanol–water partition coefficient (Wildman–Crippen LogP) is 3.48. The van der Waals surface area contributed by atoms with Gasteiger partial charge >= 0.3 is 0 Å². The molecule has 0 aliphatic carbocycles. The molecule has 1 aromatic carbocycles. The van der Waals surface area contributed by atoms with Crippen molar-refractivity contribution in [1.29, 1.82) is 0 Å². The molecule has 0 saturated heterocycles. The van der Waals surface area contributed by atoms with E-state index in [2.05, 4.69) is 33.0 Å². The van der Waals surface area contributed by atoms with Gasteiger partial charge in [-0.2, -0.15) is 0 Å². The van der Waals surface area contributed by atoms with Crippen LogP contribution in [0.25, 0.3) is 0 Å². The lowest BCUT2D eigenvalue weighted by molar-refractivity contribution is 0.340. The molecule has 0 bridgehead atoms. The van der Waals surface area contributed by atoms with Crippen LogP contribution in [-0.2, 0) is 6.42 Å². The van der Waals surface area contributed by atoms with Crippen LogP contribution < -0.4 is 10.5 Å². The molecule has 0 amide bonds. The average Bonchev–Trinajstić information content (AvgIpc) is 2.61. The van der Waals surface area contributed by atoms with Crippen LogP contribution in [0.2, 0.25) is 0 Å². The standard InChI is InChI=1S/C12H13BrN2OS/c1-2-16-9-5-3-8(4-6-9)7-10-11(13)15-12(14)17-10/h3-6H,2,7H2,1H3,(H2,14,15). The van der Waals surface area contributed by atoms with E-state index in [4.69, 9.17) is 10.5 Å². The average molecular weight is 313 g/mol. The summed E-state index contributed by atoms with van der Waals surface area (Å²) in [7, 11) is 0. The highest BCUT2D eigenvalue weighted by atomic mass is 79.9. The Kier molecular flexibility index (Phi) is 4.02. The van der Waals surface area contributed by atoms with Gasteiger partial charge in [0, 0.05) is 11.3 Å². The fraction of sp³-hybridized carbons (Fsp3) is 0.250. The molecule has 17 heavy (non-hydrogen) atoms. The molecule has 0 radical (unpaired) electrons. The normalized spacial score (nSPS) is 10.5. The summed E-state index contributed by atoms with van der Waals surface area (Å²) < 4.78 is 6.24. The second-order valence-corrected chi connectivity index (χ2v) is 5.39. The Hall–Kier alpha value is -1.07. The number of hydrogen-bond donors (Lipinski definition) is 1. The van der Waals surface area contributed by atoms with Crippen molar-refractivity contribution >= 4 is 32.4 Å². The third-order valence-corrected chi connectivity index (χ3v) is 4.07. The van der Waals surface area contributed by atoms with Crippen molar-refractivity contribution in [2.75, 3.05) is 12.3 Å². The molecule has 2 N–H and O–H groups in total. The van der Waals surface area contributed by atoms with E-state index in [1.54, 1.807) is 0 Å². The minimum Gasteiger partial charge on any atom is -0.494 e. The number of rotatable bonds is 4. The molecule has 1 heterocycles. The van der Waals surface area contributed by atoms with Crippen LogP contribution in [-0.4, -0.2) is 11.6 Å². The van der Waals surface area contributed by atoms with Crippen molar-refractivity contribution in [2.45, 2.75) is 13.3 Å². The van der Waals surface area contributed by atoms with E-state index >= 15 is 0 Å². The molecule has 0 atom stereocenters. The fourth-order valence-corrected chi connectivity index (χ4v) is 2.96. The first-order chi connectivity index (χ1) is 8.19. The topological polar surface area (TPSA) is 48.1 Å². The molecule has 90 valence electrons. The number of nitrogen functional groups attached to an aromatic ring is 1. The summed E-state index contributed by atoms with van der Waals surface area (Å²) in [4.78, 5) is 5.29. The van der Waals surface area contributed by atoms with Crippen LogP contribution in [0.4, 0.5) is 5.13 Å². The summed E-state index contributed by atoms with van der Waals surface area (Å²) in [6, 6.07) is 8.09. The van der Waals surface area contributed by atoms with E-state index < -0.39 is 0 Å². The quantitative estimate of drug-likeness (QED) is 0.940. The van der Waals surface area contributed by atoms with Gasteiger partial charge in [0.05, 0.1) is 6.61 Å². The number of benzene rings is 1. The van der Waals surface area contributed by atoms with Crippen LogP contribution in [0.5, 0.6) is 5.75 Å². The minimum absolute atomic E-state index is 0.595. The SMILES string of the molecule is CCOc1ccc(Cc2sc(N)nc2Br)cc1. The third-order valence-electron chi connectivity index (χ3n) is 2.27. The van der Waals surface area contributed by atoms with Crippen LogP contribution in [0.15, 0.2) is 28.9 Å². The Morgan fingerprint density at radius 3 is 2.59 bits per heavy atom. The summed E-state index contributed by atoms with van der Waals surface area (Å²) in [5, 5.41) is 0.595. The lowest BCUT2D eigenvalue weighted by Gasteiger charge is -2.04. The number of nitrogens with two attached hydrogens (primary N) is 1. The Balaban J connectivity index is 2.11. The highest BCUT2D eigenvalue weighted by Crippen LogP contribution is 2.27. The number of ether oxygens (including phenoxy) is 1. The molecule has 2 aromatic rings. The van der Waals surface area contributed by atoms with Gasteiger partial charge in [0.1, 0.15) is 10.4 Å². The lowest BCUT2D eigenvalue weighted by atomic mass is 10.1. The smallest absolute Gasteiger partial charge is 0.181 e. The van der Waals surface area contributed by atoms with Gasteiger partial charge in [0.15, 0.2) is 5.13 Å². The Labute approximate surface area is 113 Å². The van der Waals surface area contributed by atoms with Crippen molar-refractivity contribution < 1.29 is 4.74 Å². The number of thiazole rings is 1. The van der Waals surface area contributed by atoms with Gasteiger partial charge in [0.25, 0.3) is 0 Å². The van der Waals surface area contributed by atoms with Crippen molar-refractivity contribution in [3.63, 3.8) is 0 Å². The molecular weight excluding hydrogens is 300 g/mol. The number of anilines is 1. The molecule has 0 unspecified atom stereocenters. The third kappa shape index (κ3) is 3.20. The van der Waals surface area contributed by atoms with Gasteiger partial charge in [-0.15, -0.1) is 11.3 Å². The summed E-state index contributed by atoms with van der Waals surface area (Å²) in [5.74, 6) is 0.902. The molecular formula is C12H13BrN2OS. The number of nitrogens with zero attached hydrogens (tertiary/aromatic N) is 1. The lowest BCUT2D eigenvalue weighted by Crippen LogP contribution is -1.92. The largest absolute Gasteiger partial charge is 0.494 e. The van der Waals surface area contributed by atoms with Gasteiger partial charge < -0.3 is 10.5 Å². The minimum atomic E-state index is 0.595. The number of aromatic nitrogens is 1. The van der Waals surface area contributed by atoms with Crippen molar-refractivity contribution in [2.24, 2.45) is 0 Å². The predicted molar refractivity (Wildman–Crippen MR) is 74.6 cm³/mol. The highest BCUT2D eigenvalue weighted by molar-refractivity contribution is 9.10. The molecule has 0 spiro atoms. The van der Waals surface area contributed by atoms with E-state index in [1.807, 2.05) is 19.1 Å². The zero-order valence-corrected chi connectivity index (χ0v) is 11.8. The van der Waals surface area contributed by atoms with E-state index in [0.29, 0.717) is 11.7 Å². The Bertz CT molecular complexity index is 496. The maximum atomic E-state index is 5.65. The fourth-order valence-electron chi connectivity index (χ4n) is 1.51. The van der Waals surface area contributed by atoms with E-state index in [-0.39, 0.29) is 0 Å². The van der Waals surface area contributed by atoms with E-state index in [9.17, 15) is 0 Å². The summed E-state index contributed by atoms with van der Waals surface area (Å²) >= 11 is 4.92. The maximum absolute atomic E-state index is 5.65. The van der Waals surface area contributed by atoms with Crippen molar-refractivity contribution in [1.82, 2.24) is 4.98 Å². The molecule has 5 heteroatoms. The first-order valence-corrected chi connectivity index (χ1v) is 6.92. The molecule has 1 aromatic heterocycles. The summed E-state index contributed by atoms with van der Waals surface area (Å²) in [6.45, 7) is 2.67. The molecule has 0 aliphatic heterocycles. The Morgan fingerprint density at radius 1 is 1.35 bits per heavy atom. The van der Waals surface area contributed by atoms with Gasteiger partial charge in [-0.1, -0.05) is 12.1 Å². The molecule has 0 aliphatic rings. The van der Waals surface area contributed by atoms with Gasteiger partial charge in [-0.05, 0) is 40.5 Å². The summed E-state index contributed by atoms with van der Waals surface area (Å²) in [5.41, 5.74) is 6.87. The van der Waals surface area contributed by atoms with E-state index in [1.165, 1.54) is 16.9 Å². The number of halogens is 1. The molecule has 2 rings (SSSR count). The van der Waals surface area contributed by atoms with Crippen molar-refractivity contribution in [3.05, 3.63) is 39.3 Å². The second kappa shape index (κ2) is 5.51. The van der Waals surface area contributed by atoms with Crippen molar-refractivity contribution in [3.8, 4) is 5.75 Å². The monoisotopic (exact) mass is 312 g/mol. The zero-order chi connectivity index (χ0) is 12.3. The molecule has 0 saturated carbocycles. The van der Waals surface area contributed by atoms with Crippen LogP contribution in [0, 0.1) is 0 Å².